The van der Waals surface area contributed by atoms with Gasteiger partial charge >= 0.3 is 5.97 Å². The summed E-state index contributed by atoms with van der Waals surface area (Å²) in [5.41, 5.74) is 0.669. The monoisotopic (exact) mass is 230 g/mol. The maximum atomic E-state index is 11.1. The van der Waals surface area contributed by atoms with Gasteiger partial charge in [0.2, 0.25) is 5.88 Å². The summed E-state index contributed by atoms with van der Waals surface area (Å²) in [6, 6.07) is 5.01. The van der Waals surface area contributed by atoms with Gasteiger partial charge in [-0.2, -0.15) is 0 Å². The first-order chi connectivity index (χ1) is 8.18. The SMILES string of the molecule is Cc1ccnc(Oc2cccnc2)c1C(=O)O. The molecule has 86 valence electrons. The van der Waals surface area contributed by atoms with Crippen molar-refractivity contribution < 1.29 is 14.6 Å². The number of hydrogen-bond donors (Lipinski definition) is 1. The van der Waals surface area contributed by atoms with Crippen molar-refractivity contribution >= 4 is 5.97 Å². The molecule has 0 aliphatic carbocycles. The lowest BCUT2D eigenvalue weighted by atomic mass is 10.1. The molecule has 5 nitrogen and oxygen atoms in total. The van der Waals surface area contributed by atoms with Crippen molar-refractivity contribution in [3.8, 4) is 11.6 Å². The van der Waals surface area contributed by atoms with E-state index in [1.165, 1.54) is 12.4 Å². The van der Waals surface area contributed by atoms with E-state index in [0.717, 1.165) is 0 Å². The second kappa shape index (κ2) is 4.61. The summed E-state index contributed by atoms with van der Waals surface area (Å²) in [7, 11) is 0. The summed E-state index contributed by atoms with van der Waals surface area (Å²) >= 11 is 0. The topological polar surface area (TPSA) is 72.3 Å². The van der Waals surface area contributed by atoms with E-state index in [4.69, 9.17) is 9.84 Å². The van der Waals surface area contributed by atoms with Gasteiger partial charge in [-0.05, 0) is 30.7 Å². The molecular weight excluding hydrogens is 220 g/mol. The van der Waals surface area contributed by atoms with Gasteiger partial charge in [-0.25, -0.2) is 9.78 Å². The summed E-state index contributed by atoms with van der Waals surface area (Å²) in [6.45, 7) is 1.70. The highest BCUT2D eigenvalue weighted by Gasteiger charge is 2.16. The number of carboxylic acids is 1. The average molecular weight is 230 g/mol. The largest absolute Gasteiger partial charge is 0.477 e. The quantitative estimate of drug-likeness (QED) is 0.875. The highest BCUT2D eigenvalue weighted by Crippen LogP contribution is 2.24. The van der Waals surface area contributed by atoms with Crippen LogP contribution < -0.4 is 4.74 Å². The van der Waals surface area contributed by atoms with Crippen molar-refractivity contribution in [1.29, 1.82) is 0 Å². The number of carboxylic acid groups (broad SMARTS) is 1. The zero-order chi connectivity index (χ0) is 12.3. The summed E-state index contributed by atoms with van der Waals surface area (Å²) in [6.07, 6.45) is 4.61. The van der Waals surface area contributed by atoms with E-state index in [0.29, 0.717) is 11.3 Å². The van der Waals surface area contributed by atoms with E-state index in [1.54, 1.807) is 31.3 Å². The van der Waals surface area contributed by atoms with Crippen LogP contribution in [-0.4, -0.2) is 21.0 Å². The highest BCUT2D eigenvalue weighted by molar-refractivity contribution is 5.91. The summed E-state index contributed by atoms with van der Waals surface area (Å²) in [5, 5.41) is 9.09. The first-order valence-electron chi connectivity index (χ1n) is 4.95. The van der Waals surface area contributed by atoms with E-state index in [9.17, 15) is 4.79 Å². The van der Waals surface area contributed by atoms with Crippen LogP contribution in [0.2, 0.25) is 0 Å². The van der Waals surface area contributed by atoms with Gasteiger partial charge in [-0.15, -0.1) is 0 Å². The van der Waals surface area contributed by atoms with Crippen LogP contribution in [0, 0.1) is 6.92 Å². The van der Waals surface area contributed by atoms with Crippen molar-refractivity contribution in [2.24, 2.45) is 0 Å². The third kappa shape index (κ3) is 2.39. The molecule has 17 heavy (non-hydrogen) atoms. The Hall–Kier alpha value is -2.43. The van der Waals surface area contributed by atoms with Crippen molar-refractivity contribution in [1.82, 2.24) is 9.97 Å². The van der Waals surface area contributed by atoms with E-state index in [1.807, 2.05) is 0 Å². The molecule has 2 aromatic heterocycles. The van der Waals surface area contributed by atoms with Crippen LogP contribution in [0.1, 0.15) is 15.9 Å². The van der Waals surface area contributed by atoms with Gasteiger partial charge < -0.3 is 9.84 Å². The predicted octanol–water partition coefficient (Wildman–Crippen LogP) is 2.28. The number of pyridine rings is 2. The molecule has 2 aromatic rings. The molecule has 0 unspecified atom stereocenters. The maximum absolute atomic E-state index is 11.1. The lowest BCUT2D eigenvalue weighted by Crippen LogP contribution is -2.04. The molecule has 0 aliphatic heterocycles. The number of aromatic carboxylic acids is 1. The van der Waals surface area contributed by atoms with Crippen LogP contribution in [-0.2, 0) is 0 Å². The van der Waals surface area contributed by atoms with Gasteiger partial charge in [-0.1, -0.05) is 0 Å². The molecule has 2 heterocycles. The molecule has 0 bridgehead atoms. The molecule has 0 fully saturated rings. The van der Waals surface area contributed by atoms with Gasteiger partial charge in [0.05, 0.1) is 6.20 Å². The second-order valence-corrected chi connectivity index (χ2v) is 3.40. The van der Waals surface area contributed by atoms with Crippen LogP contribution in [0.25, 0.3) is 0 Å². The number of carbonyl (C=O) groups is 1. The Morgan fingerprint density at radius 3 is 2.82 bits per heavy atom. The normalized spacial score (nSPS) is 9.94. The van der Waals surface area contributed by atoms with E-state index in [2.05, 4.69) is 9.97 Å². The Balaban J connectivity index is 2.40. The van der Waals surface area contributed by atoms with Gasteiger partial charge in [-0.3, -0.25) is 4.98 Å². The van der Waals surface area contributed by atoms with Crippen molar-refractivity contribution in [2.75, 3.05) is 0 Å². The minimum Gasteiger partial charge on any atom is -0.477 e. The number of rotatable bonds is 3. The molecule has 2 rings (SSSR count). The van der Waals surface area contributed by atoms with Gasteiger partial charge in [0.1, 0.15) is 11.3 Å². The fourth-order valence-electron chi connectivity index (χ4n) is 1.39. The third-order valence-electron chi connectivity index (χ3n) is 2.19. The van der Waals surface area contributed by atoms with E-state index in [-0.39, 0.29) is 11.4 Å². The molecule has 0 spiro atoms. The van der Waals surface area contributed by atoms with Crippen molar-refractivity contribution in [3.05, 3.63) is 47.9 Å². The first kappa shape index (κ1) is 11.1. The van der Waals surface area contributed by atoms with Gasteiger partial charge in [0.15, 0.2) is 0 Å². The van der Waals surface area contributed by atoms with Crippen LogP contribution in [0.4, 0.5) is 0 Å². The Kier molecular flexibility index (Phi) is 3.00. The Morgan fingerprint density at radius 2 is 2.18 bits per heavy atom. The maximum Gasteiger partial charge on any atom is 0.341 e. The molecule has 0 atom stereocenters. The fraction of sp³-hybridized carbons (Fsp3) is 0.0833. The number of aryl methyl sites for hydroxylation is 1. The van der Waals surface area contributed by atoms with Crippen LogP contribution in [0.15, 0.2) is 36.8 Å². The summed E-state index contributed by atoms with van der Waals surface area (Å²) in [4.78, 5) is 18.9. The minimum atomic E-state index is -1.06. The number of nitrogens with zero attached hydrogens (tertiary/aromatic N) is 2. The van der Waals surface area contributed by atoms with E-state index >= 15 is 0 Å². The molecule has 0 aromatic carbocycles. The second-order valence-electron chi connectivity index (χ2n) is 3.40. The van der Waals surface area contributed by atoms with Gasteiger partial charge in [0.25, 0.3) is 0 Å². The summed E-state index contributed by atoms with van der Waals surface area (Å²) < 4.78 is 5.40. The highest BCUT2D eigenvalue weighted by atomic mass is 16.5. The standard InChI is InChI=1S/C12H10N2O3/c1-8-4-6-14-11(10(8)12(15)16)17-9-3-2-5-13-7-9/h2-7H,1H3,(H,15,16). The molecule has 0 saturated carbocycles. The van der Waals surface area contributed by atoms with Crippen molar-refractivity contribution in [2.45, 2.75) is 6.92 Å². The molecule has 5 heteroatoms. The lowest BCUT2D eigenvalue weighted by Gasteiger charge is -2.08. The van der Waals surface area contributed by atoms with Crippen LogP contribution in [0.5, 0.6) is 11.6 Å². The van der Waals surface area contributed by atoms with Crippen LogP contribution in [0.3, 0.4) is 0 Å². The minimum absolute atomic E-state index is 0.0661. The Labute approximate surface area is 97.7 Å². The molecular formula is C12H10N2O3. The van der Waals surface area contributed by atoms with E-state index < -0.39 is 5.97 Å². The Bertz CT molecular complexity index is 541. The number of hydrogen-bond acceptors (Lipinski definition) is 4. The zero-order valence-corrected chi connectivity index (χ0v) is 9.12. The average Bonchev–Trinajstić information content (AvgIpc) is 2.30. The number of aromatic nitrogens is 2. The predicted molar refractivity (Wildman–Crippen MR) is 60.2 cm³/mol. The lowest BCUT2D eigenvalue weighted by molar-refractivity contribution is 0.0692. The van der Waals surface area contributed by atoms with Crippen molar-refractivity contribution in [3.63, 3.8) is 0 Å². The van der Waals surface area contributed by atoms with Crippen LogP contribution >= 0.6 is 0 Å². The fourth-order valence-corrected chi connectivity index (χ4v) is 1.39. The molecule has 0 saturated heterocycles. The molecule has 1 N–H and O–H groups in total. The van der Waals surface area contributed by atoms with Gasteiger partial charge in [0, 0.05) is 12.4 Å². The first-order valence-corrected chi connectivity index (χ1v) is 4.95. The Morgan fingerprint density at radius 1 is 1.35 bits per heavy atom. The summed E-state index contributed by atoms with van der Waals surface area (Å²) in [5.74, 6) is -0.534. The molecule has 0 amide bonds. The number of ether oxygens (including phenoxy) is 1. The molecule has 0 radical (unpaired) electrons. The third-order valence-corrected chi connectivity index (χ3v) is 2.19. The zero-order valence-electron chi connectivity index (χ0n) is 9.12. The molecule has 0 aliphatic rings. The smallest absolute Gasteiger partial charge is 0.341 e.